The van der Waals surface area contributed by atoms with Crippen molar-refractivity contribution in [1.82, 2.24) is 0 Å². The van der Waals surface area contributed by atoms with Gasteiger partial charge in [-0.3, -0.25) is 10.4 Å². The summed E-state index contributed by atoms with van der Waals surface area (Å²) < 4.78 is 30.0. The molecule has 1 unspecified atom stereocenters. The minimum Gasteiger partial charge on any atom is -0.508 e. The van der Waals surface area contributed by atoms with Crippen LogP contribution in [0.2, 0.25) is 0 Å². The Morgan fingerprint density at radius 3 is 2.44 bits per heavy atom. The van der Waals surface area contributed by atoms with Crippen LogP contribution in [0.5, 0.6) is 34.5 Å². The summed E-state index contributed by atoms with van der Waals surface area (Å²) in [5, 5.41) is 95.7. The van der Waals surface area contributed by atoms with Gasteiger partial charge < -0.3 is 64.5 Å². The van der Waals surface area contributed by atoms with Gasteiger partial charge in [0.25, 0.3) is 0 Å². The van der Waals surface area contributed by atoms with Crippen LogP contribution >= 0.6 is 0 Å². The van der Waals surface area contributed by atoms with Gasteiger partial charge in [0.15, 0.2) is 29.4 Å². The number of rotatable bonds is 13. The third-order valence-corrected chi connectivity index (χ3v) is 11.7. The van der Waals surface area contributed by atoms with Crippen LogP contribution in [0.15, 0.2) is 87.8 Å². The number of ether oxygens (including phenoxy) is 5. The Bertz CT molecular complexity index is 2350. The van der Waals surface area contributed by atoms with Gasteiger partial charge in [0.05, 0.1) is 12.3 Å². The van der Waals surface area contributed by atoms with Gasteiger partial charge in [0, 0.05) is 23.6 Å². The molecule has 10 N–H and O–H groups in total. The molecule has 1 aliphatic carbocycles. The summed E-state index contributed by atoms with van der Waals surface area (Å²) in [4.78, 5) is 25.5. The number of amidine groups is 1. The van der Waals surface area contributed by atoms with E-state index in [0.29, 0.717) is 41.1 Å². The van der Waals surface area contributed by atoms with Crippen molar-refractivity contribution in [2.24, 2.45) is 20.4 Å². The second-order valence-electron chi connectivity index (χ2n) is 15.4. The monoisotopic (exact) mass is 841 g/mol. The van der Waals surface area contributed by atoms with E-state index in [1.165, 1.54) is 30.6 Å². The predicted octanol–water partition coefficient (Wildman–Crippen LogP) is 1.69. The van der Waals surface area contributed by atoms with E-state index < -0.39 is 71.1 Å². The molecule has 1 saturated carbocycles. The molecule has 4 heterocycles. The number of carboxylic acids is 1. The van der Waals surface area contributed by atoms with Gasteiger partial charge >= 0.3 is 11.8 Å². The smallest absolute Gasteiger partial charge is 0.336 e. The third kappa shape index (κ3) is 7.68. The third-order valence-electron chi connectivity index (χ3n) is 11.7. The average molecular weight is 842 g/mol. The first-order valence-corrected chi connectivity index (χ1v) is 19.7. The molecular weight excluding hydrogens is 796 g/mol. The van der Waals surface area contributed by atoms with Crippen LogP contribution in [0.3, 0.4) is 0 Å². The first kappa shape index (κ1) is 41.4. The number of hydrogen-bond donors (Lipinski definition) is 9. The number of nitrogens with zero attached hydrogens (tertiary/aromatic N) is 3. The van der Waals surface area contributed by atoms with Crippen LogP contribution in [-0.4, -0.2) is 120 Å². The zero-order chi connectivity index (χ0) is 43.1. The maximum Gasteiger partial charge on any atom is 0.336 e. The van der Waals surface area contributed by atoms with Crippen LogP contribution in [-0.2, 0) is 16.1 Å². The quantitative estimate of drug-likeness (QED) is 0.118. The van der Waals surface area contributed by atoms with Crippen LogP contribution in [0.25, 0.3) is 5.76 Å². The number of aliphatic imine (C=N–C) groups is 3. The van der Waals surface area contributed by atoms with Crippen LogP contribution in [0, 0.1) is 5.41 Å². The topological polar surface area (TPSA) is 288 Å². The lowest BCUT2D eigenvalue weighted by molar-refractivity contribution is -0.326. The highest BCUT2D eigenvalue weighted by Crippen LogP contribution is 2.55. The molecule has 18 heteroatoms. The molecule has 2 fully saturated rings. The average Bonchev–Trinajstić information content (AvgIpc) is 3.96. The van der Waals surface area contributed by atoms with E-state index in [9.17, 15) is 45.6 Å². The fourth-order valence-corrected chi connectivity index (χ4v) is 8.64. The van der Waals surface area contributed by atoms with Crippen molar-refractivity contribution in [3.8, 4) is 34.5 Å². The molecule has 8 rings (SSSR count). The van der Waals surface area contributed by atoms with E-state index in [1.54, 1.807) is 48.6 Å². The van der Waals surface area contributed by atoms with E-state index in [4.69, 9.17) is 29.1 Å². The van der Waals surface area contributed by atoms with Gasteiger partial charge in [-0.1, -0.05) is 43.5 Å². The Morgan fingerprint density at radius 2 is 1.77 bits per heavy atom. The zero-order valence-corrected chi connectivity index (χ0v) is 32.6. The maximum absolute atomic E-state index is 13.0. The van der Waals surface area contributed by atoms with E-state index >= 15 is 0 Å². The number of nitrogens with two attached hydrogens (primary N) is 1. The number of phenols is 2. The number of hydrogen-bond acceptors (Lipinski definition) is 15. The predicted molar refractivity (Wildman–Crippen MR) is 216 cm³/mol. The van der Waals surface area contributed by atoms with Crippen molar-refractivity contribution in [3.05, 3.63) is 89.5 Å². The molecule has 0 bridgehead atoms. The van der Waals surface area contributed by atoms with Gasteiger partial charge in [-0.05, 0) is 59.3 Å². The highest BCUT2D eigenvalue weighted by molar-refractivity contribution is 6.14. The number of carbonyl (C=O) groups is 1. The number of phenolic OH excluding ortho intramolecular Hbond substituents is 2. The number of aliphatic hydroxyl groups is 5. The fraction of sp³-hybridized carbons (Fsp3) is 0.372. The maximum atomic E-state index is 13.0. The second kappa shape index (κ2) is 16.6. The number of aliphatic carboxylic acids is 1. The molecular formula is C43H45N4O14+. The van der Waals surface area contributed by atoms with Crippen LogP contribution < -0.4 is 24.4 Å². The number of benzene rings is 3. The largest absolute Gasteiger partial charge is 0.508 e. The summed E-state index contributed by atoms with van der Waals surface area (Å²) in [6.07, 6.45) is -2.02. The molecule has 0 spiro atoms. The highest BCUT2D eigenvalue weighted by Gasteiger charge is 2.69. The van der Waals surface area contributed by atoms with Gasteiger partial charge in [-0.2, -0.15) is 0 Å². The zero-order valence-electron chi connectivity index (χ0n) is 32.6. The second-order valence-corrected chi connectivity index (χ2v) is 15.4. The minimum absolute atomic E-state index is 0.0592. The lowest BCUT2D eigenvalue weighted by atomic mass is 9.55. The molecule has 3 aromatic rings. The van der Waals surface area contributed by atoms with Gasteiger partial charge in [0.1, 0.15) is 72.0 Å². The van der Waals surface area contributed by atoms with Crippen molar-refractivity contribution in [2.75, 3.05) is 13.2 Å². The van der Waals surface area contributed by atoms with Gasteiger partial charge in [-0.25, -0.2) is 9.79 Å². The molecule has 0 radical (unpaired) electrons. The summed E-state index contributed by atoms with van der Waals surface area (Å²) in [5.41, 5.74) is -2.45. The first-order valence-electron chi connectivity index (χ1n) is 19.7. The Balaban J connectivity index is 1.09. The van der Waals surface area contributed by atoms with E-state index in [-0.39, 0.29) is 61.2 Å². The van der Waals surface area contributed by atoms with Crippen molar-refractivity contribution < 1.29 is 74.7 Å². The van der Waals surface area contributed by atoms with Crippen molar-refractivity contribution in [3.63, 3.8) is 0 Å². The Labute approximate surface area is 348 Å². The molecule has 7 atom stereocenters. The van der Waals surface area contributed by atoms with E-state index in [0.717, 1.165) is 6.42 Å². The molecule has 3 aromatic carbocycles. The van der Waals surface area contributed by atoms with Crippen molar-refractivity contribution in [2.45, 2.75) is 81.1 Å². The number of carboxylic acid groups (broad SMARTS) is 1. The molecule has 5 aliphatic rings. The normalized spacial score (nSPS) is 27.0. The van der Waals surface area contributed by atoms with Gasteiger partial charge in [-0.15, -0.1) is 0 Å². The van der Waals surface area contributed by atoms with Crippen LogP contribution in [0.1, 0.15) is 54.9 Å². The Morgan fingerprint density at radius 1 is 1.00 bits per heavy atom. The van der Waals surface area contributed by atoms with Crippen molar-refractivity contribution >= 4 is 35.3 Å². The lowest BCUT2D eigenvalue weighted by Crippen LogP contribution is -2.76. The summed E-state index contributed by atoms with van der Waals surface area (Å²) in [6.45, 7) is -0.287. The lowest BCUT2D eigenvalue weighted by Gasteiger charge is -2.57. The Kier molecular flexibility index (Phi) is 11.3. The summed E-state index contributed by atoms with van der Waals surface area (Å²) in [7, 11) is 0. The number of aliphatic hydroxyl groups excluding tert-OH is 4. The molecule has 1 saturated heterocycles. The molecule has 4 aliphatic heterocycles. The fourth-order valence-electron chi connectivity index (χ4n) is 8.64. The molecule has 320 valence electrons. The number of fused-ring (bicyclic) bond motifs is 1. The van der Waals surface area contributed by atoms with Crippen molar-refractivity contribution in [1.29, 1.82) is 0 Å². The van der Waals surface area contributed by atoms with E-state index in [1.807, 2.05) is 0 Å². The molecule has 61 heavy (non-hydrogen) atoms. The standard InChI is InChI=1S/C43H44N4O14/c44-33-12-11-26(47-33)28(50)20-57-25-9-7-23(8-10-25)29-16-27(49)34-30(59-29)17-31(37(35(34)51)58-19-22-5-4-6-24(48)15-22)60-41-36(52)38(53)43(56,39(61-41)40(54)55)42(13-2-1-3-14-42)32-18-45-21-46-32/h4-12,15-17,21,28-29,36,38-39,41,44,48-53,56H,1-3,13-14,18-20H2,(H,54,55)/p+1/t28-,29?,36+,38-,39+,41+,43-/m0/s1. The molecule has 0 aromatic heterocycles. The summed E-state index contributed by atoms with van der Waals surface area (Å²) in [5.74, 6) is -2.96. The summed E-state index contributed by atoms with van der Waals surface area (Å²) >= 11 is 0. The molecule has 18 nitrogen and oxygen atoms in total. The van der Waals surface area contributed by atoms with Crippen LogP contribution in [0.4, 0.5) is 0 Å². The van der Waals surface area contributed by atoms with E-state index in [2.05, 4.69) is 15.0 Å². The summed E-state index contributed by atoms with van der Waals surface area (Å²) in [6, 6.07) is 13.9. The SMILES string of the molecule is [NH2+]=C1C=CC([C@@H](O)COc2ccc(C3C=C(O)c4c(cc(O[C@@H]5O[C@H](C(=O)O)[C@](O)(C6(C7=NC=NC7)CCCCC6)[C@@H](O)[C@H]5O)c(OCc5cccc(O)c5)c4O)O3)cc2)=N1. The Hall–Kier alpha value is -6.31. The first-order chi connectivity index (χ1) is 29.3. The number of aromatic hydroxyl groups is 2. The minimum atomic E-state index is -2.58. The molecule has 0 amide bonds. The highest BCUT2D eigenvalue weighted by atomic mass is 16.7. The van der Waals surface area contributed by atoms with Gasteiger partial charge in [0.2, 0.25) is 12.0 Å².